The summed E-state index contributed by atoms with van der Waals surface area (Å²) in [7, 11) is 0. The minimum absolute atomic E-state index is 0.0966. The maximum absolute atomic E-state index is 11.9. The van der Waals surface area contributed by atoms with Crippen molar-refractivity contribution in [2.24, 2.45) is 0 Å². The summed E-state index contributed by atoms with van der Waals surface area (Å²) < 4.78 is 6.76. The van der Waals surface area contributed by atoms with Gasteiger partial charge in [-0.05, 0) is 6.42 Å². The number of aromatic nitrogens is 2. The second kappa shape index (κ2) is 5.25. The second-order valence-electron chi connectivity index (χ2n) is 4.71. The van der Waals surface area contributed by atoms with Crippen LogP contribution in [0.3, 0.4) is 0 Å². The largest absolute Gasteiger partial charge is 0.392 e. The number of rotatable bonds is 3. The van der Waals surface area contributed by atoms with E-state index in [9.17, 15) is 15.0 Å². The number of nitrogen functional groups attached to an aromatic ring is 1. The predicted molar refractivity (Wildman–Crippen MR) is 71.7 cm³/mol. The number of terminal acetylenes is 1. The molecule has 7 nitrogen and oxygen atoms in total. The fourth-order valence-corrected chi connectivity index (χ4v) is 2.24. The van der Waals surface area contributed by atoms with Crippen molar-refractivity contribution in [1.29, 1.82) is 0 Å². The molecule has 1 aliphatic rings. The van der Waals surface area contributed by atoms with Crippen molar-refractivity contribution in [2.45, 2.75) is 37.7 Å². The average Bonchev–Trinajstić information content (AvgIpc) is 2.76. The third kappa shape index (κ3) is 2.18. The van der Waals surface area contributed by atoms with Crippen molar-refractivity contribution in [3.05, 3.63) is 22.2 Å². The fourth-order valence-electron chi connectivity index (χ4n) is 2.24. The van der Waals surface area contributed by atoms with Crippen LogP contribution in [0.4, 0.5) is 5.82 Å². The van der Waals surface area contributed by atoms with Crippen molar-refractivity contribution in [3.8, 4) is 12.3 Å². The molecular weight excluding hydrogens is 262 g/mol. The number of hydrogen-bond donors (Lipinski definition) is 3. The molecule has 2 heterocycles. The molecule has 0 spiro atoms. The van der Waals surface area contributed by atoms with E-state index in [0.717, 1.165) is 0 Å². The average molecular weight is 279 g/mol. The molecule has 0 aromatic carbocycles. The van der Waals surface area contributed by atoms with Crippen LogP contribution in [0.5, 0.6) is 0 Å². The van der Waals surface area contributed by atoms with Crippen LogP contribution < -0.4 is 11.4 Å². The number of aliphatic hydroxyl groups is 2. The van der Waals surface area contributed by atoms with Gasteiger partial charge in [0.05, 0.1) is 6.61 Å². The second-order valence-corrected chi connectivity index (χ2v) is 4.71. The van der Waals surface area contributed by atoms with Crippen LogP contribution in [-0.4, -0.2) is 38.1 Å². The van der Waals surface area contributed by atoms with Gasteiger partial charge in [-0.1, -0.05) is 12.8 Å². The van der Waals surface area contributed by atoms with Crippen molar-refractivity contribution in [3.63, 3.8) is 0 Å². The van der Waals surface area contributed by atoms with Crippen molar-refractivity contribution >= 4 is 5.82 Å². The van der Waals surface area contributed by atoms with Gasteiger partial charge in [0, 0.05) is 18.2 Å². The van der Waals surface area contributed by atoms with E-state index in [0.29, 0.717) is 12.0 Å². The number of aliphatic hydroxyl groups excluding tert-OH is 2. The minimum atomic E-state index is -1.49. The maximum Gasteiger partial charge on any atom is 0.351 e. The zero-order chi connectivity index (χ0) is 14.9. The first-order chi connectivity index (χ1) is 9.47. The summed E-state index contributed by atoms with van der Waals surface area (Å²) in [6, 6.07) is 0. The third-order valence-corrected chi connectivity index (χ3v) is 3.54. The monoisotopic (exact) mass is 279 g/mol. The summed E-state index contributed by atoms with van der Waals surface area (Å²) in [4.78, 5) is 15.6. The fraction of sp³-hybridized carbons (Fsp3) is 0.538. The molecule has 0 bridgehead atoms. The molecule has 4 N–H and O–H groups in total. The van der Waals surface area contributed by atoms with Gasteiger partial charge in [-0.3, -0.25) is 4.57 Å². The zero-order valence-electron chi connectivity index (χ0n) is 11.1. The van der Waals surface area contributed by atoms with Crippen LogP contribution >= 0.6 is 0 Å². The third-order valence-electron chi connectivity index (χ3n) is 3.54. The highest BCUT2D eigenvalue weighted by atomic mass is 16.6. The first-order valence-corrected chi connectivity index (χ1v) is 6.29. The molecule has 0 unspecified atom stereocenters. The molecule has 0 amide bonds. The normalized spacial score (nSPS) is 29.3. The molecule has 0 saturated carbocycles. The van der Waals surface area contributed by atoms with E-state index >= 15 is 0 Å². The Morgan fingerprint density at radius 2 is 2.45 bits per heavy atom. The Morgan fingerprint density at radius 1 is 1.75 bits per heavy atom. The molecular formula is C13H17N3O4. The number of aryl methyl sites for hydroxylation is 1. The Labute approximate surface area is 116 Å². The molecule has 0 radical (unpaired) electrons. The predicted octanol–water partition coefficient (Wildman–Crippen LogP) is -0.968. The first-order valence-electron chi connectivity index (χ1n) is 6.29. The molecule has 2 rings (SSSR count). The summed E-state index contributed by atoms with van der Waals surface area (Å²) in [5.74, 6) is 2.43. The Kier molecular flexibility index (Phi) is 3.81. The van der Waals surface area contributed by atoms with Gasteiger partial charge < -0.3 is 20.7 Å². The molecule has 1 aliphatic heterocycles. The van der Waals surface area contributed by atoms with Gasteiger partial charge in [-0.25, -0.2) is 4.79 Å². The minimum Gasteiger partial charge on any atom is -0.392 e. The number of ether oxygens (including phenoxy) is 1. The van der Waals surface area contributed by atoms with E-state index in [4.69, 9.17) is 16.9 Å². The lowest BCUT2D eigenvalue weighted by molar-refractivity contribution is -0.0912. The molecule has 7 heteroatoms. The quantitative estimate of drug-likeness (QED) is 0.614. The van der Waals surface area contributed by atoms with Gasteiger partial charge >= 0.3 is 5.69 Å². The van der Waals surface area contributed by atoms with E-state index in [-0.39, 0.29) is 12.2 Å². The molecule has 1 fully saturated rings. The van der Waals surface area contributed by atoms with E-state index < -0.39 is 30.2 Å². The standard InChI is InChI=1S/C13H17N3O4/c1-3-8-6-16(12(19)15-11(8)14)10-5-9(18)13(4-2,7-17)20-10/h2,6,9-10,17-18H,3,5,7H2,1H3,(H2,14,15,19)/t9-,10+,13+/m0/s1. The molecule has 3 atom stereocenters. The molecule has 1 aromatic heterocycles. The van der Waals surface area contributed by atoms with Crippen LogP contribution in [-0.2, 0) is 11.2 Å². The smallest absolute Gasteiger partial charge is 0.351 e. The number of anilines is 1. The zero-order valence-corrected chi connectivity index (χ0v) is 11.1. The highest BCUT2D eigenvalue weighted by Gasteiger charge is 2.47. The van der Waals surface area contributed by atoms with Crippen LogP contribution in [0.1, 0.15) is 25.1 Å². The van der Waals surface area contributed by atoms with E-state index in [2.05, 4.69) is 10.9 Å². The molecule has 0 aliphatic carbocycles. The lowest BCUT2D eigenvalue weighted by Crippen LogP contribution is -2.41. The Bertz CT molecular complexity index is 607. The molecule has 1 aromatic rings. The van der Waals surface area contributed by atoms with E-state index in [1.165, 1.54) is 4.57 Å². The van der Waals surface area contributed by atoms with Crippen LogP contribution in [0.25, 0.3) is 0 Å². The number of nitrogens with zero attached hydrogens (tertiary/aromatic N) is 2. The Hall–Kier alpha value is -1.88. The van der Waals surface area contributed by atoms with Gasteiger partial charge in [0.2, 0.25) is 0 Å². The van der Waals surface area contributed by atoms with Crippen molar-refractivity contribution in [2.75, 3.05) is 12.3 Å². The van der Waals surface area contributed by atoms with Gasteiger partial charge in [0.1, 0.15) is 18.1 Å². The van der Waals surface area contributed by atoms with E-state index in [1.54, 1.807) is 6.20 Å². The van der Waals surface area contributed by atoms with Crippen LogP contribution in [0, 0.1) is 12.3 Å². The van der Waals surface area contributed by atoms with Gasteiger partial charge in [0.15, 0.2) is 5.60 Å². The van der Waals surface area contributed by atoms with Gasteiger partial charge in [-0.2, -0.15) is 4.98 Å². The van der Waals surface area contributed by atoms with Crippen molar-refractivity contribution in [1.82, 2.24) is 9.55 Å². The lowest BCUT2D eigenvalue weighted by Gasteiger charge is -2.24. The van der Waals surface area contributed by atoms with Crippen LogP contribution in [0.2, 0.25) is 0 Å². The van der Waals surface area contributed by atoms with Crippen LogP contribution in [0.15, 0.2) is 11.0 Å². The van der Waals surface area contributed by atoms with Gasteiger partial charge in [-0.15, -0.1) is 6.42 Å². The van der Waals surface area contributed by atoms with E-state index in [1.807, 2.05) is 6.92 Å². The summed E-state index contributed by atoms with van der Waals surface area (Å²) in [6.07, 6.45) is 5.72. The topological polar surface area (TPSA) is 111 Å². The summed E-state index contributed by atoms with van der Waals surface area (Å²) in [5.41, 5.74) is 4.28. The highest BCUT2D eigenvalue weighted by molar-refractivity contribution is 5.36. The molecule has 1 saturated heterocycles. The Morgan fingerprint density at radius 3 is 2.95 bits per heavy atom. The highest BCUT2D eigenvalue weighted by Crippen LogP contribution is 2.35. The summed E-state index contributed by atoms with van der Waals surface area (Å²) in [6.45, 7) is 1.35. The number of nitrogens with two attached hydrogens (primary N) is 1. The summed E-state index contributed by atoms with van der Waals surface area (Å²) >= 11 is 0. The number of hydrogen-bond acceptors (Lipinski definition) is 6. The SMILES string of the molecule is C#C[C@]1(CO)O[C@@H](n2cc(CC)c(N)nc2=O)C[C@@H]1O. The summed E-state index contributed by atoms with van der Waals surface area (Å²) in [5, 5.41) is 19.3. The Balaban J connectivity index is 2.40. The maximum atomic E-state index is 11.9. The van der Waals surface area contributed by atoms with Gasteiger partial charge in [0.25, 0.3) is 0 Å². The van der Waals surface area contributed by atoms with Crippen molar-refractivity contribution < 1.29 is 14.9 Å². The lowest BCUT2D eigenvalue weighted by atomic mass is 9.99. The first kappa shape index (κ1) is 14.5. The molecule has 20 heavy (non-hydrogen) atoms. The molecule has 108 valence electrons.